The first-order valence-corrected chi connectivity index (χ1v) is 6.07. The van der Waals surface area contributed by atoms with Crippen molar-refractivity contribution in [2.75, 3.05) is 17.3 Å². The van der Waals surface area contributed by atoms with Gasteiger partial charge in [0.15, 0.2) is 11.6 Å². The first kappa shape index (κ1) is 11.6. The molecule has 1 atom stereocenters. The molecule has 0 aliphatic carbocycles. The van der Waals surface area contributed by atoms with Crippen LogP contribution in [-0.4, -0.2) is 28.4 Å². The fourth-order valence-corrected chi connectivity index (χ4v) is 2.41. The van der Waals surface area contributed by atoms with Crippen molar-refractivity contribution < 1.29 is 4.39 Å². The Hall–Kier alpha value is -0.900. The van der Waals surface area contributed by atoms with Crippen LogP contribution < -0.4 is 4.90 Å². The Bertz CT molecular complexity index is 372. The lowest BCUT2D eigenvalue weighted by Crippen LogP contribution is -2.42. The van der Waals surface area contributed by atoms with E-state index in [1.165, 1.54) is 6.33 Å². The number of aryl methyl sites for hydroxylation is 1. The molecule has 1 saturated heterocycles. The summed E-state index contributed by atoms with van der Waals surface area (Å²) < 4.78 is 13.9. The number of nitrogens with zero attached hydrogens (tertiary/aromatic N) is 3. The molecular formula is C11H15ClFN3. The van der Waals surface area contributed by atoms with E-state index >= 15 is 0 Å². The fraction of sp³-hybridized carbons (Fsp3) is 0.636. The molecule has 0 saturated carbocycles. The minimum absolute atomic E-state index is 0.194. The number of aromatic nitrogens is 2. The second kappa shape index (κ2) is 4.95. The number of hydrogen-bond acceptors (Lipinski definition) is 3. The van der Waals surface area contributed by atoms with Crippen LogP contribution in [0.1, 0.15) is 25.0 Å². The van der Waals surface area contributed by atoms with Gasteiger partial charge in [-0.3, -0.25) is 0 Å². The van der Waals surface area contributed by atoms with Gasteiger partial charge >= 0.3 is 0 Å². The minimum atomic E-state index is -0.320. The Kier molecular flexibility index (Phi) is 3.59. The van der Waals surface area contributed by atoms with Gasteiger partial charge in [-0.15, -0.1) is 11.6 Å². The maximum absolute atomic E-state index is 13.9. The van der Waals surface area contributed by atoms with Crippen LogP contribution in [0.2, 0.25) is 0 Å². The minimum Gasteiger partial charge on any atom is -0.350 e. The highest BCUT2D eigenvalue weighted by Crippen LogP contribution is 2.26. The van der Waals surface area contributed by atoms with Gasteiger partial charge in [0.1, 0.15) is 6.33 Å². The van der Waals surface area contributed by atoms with E-state index in [1.807, 2.05) is 4.90 Å². The zero-order valence-electron chi connectivity index (χ0n) is 9.29. The standard InChI is InChI=1S/C11H15ClFN3/c1-8-10(13)11(15-7-14-8)16-5-3-2-4-9(16)6-12/h7,9H,2-6H2,1H3. The van der Waals surface area contributed by atoms with E-state index in [4.69, 9.17) is 11.6 Å². The first-order valence-electron chi connectivity index (χ1n) is 5.53. The third-order valence-electron chi connectivity index (χ3n) is 3.02. The van der Waals surface area contributed by atoms with E-state index in [1.54, 1.807) is 6.92 Å². The Morgan fingerprint density at radius 2 is 2.31 bits per heavy atom. The zero-order chi connectivity index (χ0) is 11.5. The van der Waals surface area contributed by atoms with Crippen molar-refractivity contribution >= 4 is 17.4 Å². The van der Waals surface area contributed by atoms with Gasteiger partial charge in [0.05, 0.1) is 5.69 Å². The molecule has 5 heteroatoms. The van der Waals surface area contributed by atoms with E-state index in [2.05, 4.69) is 9.97 Å². The number of hydrogen-bond donors (Lipinski definition) is 0. The molecule has 1 unspecified atom stereocenters. The molecular weight excluding hydrogens is 229 g/mol. The van der Waals surface area contributed by atoms with Crippen LogP contribution in [0.3, 0.4) is 0 Å². The summed E-state index contributed by atoms with van der Waals surface area (Å²) in [6, 6.07) is 0.194. The number of halogens is 2. The van der Waals surface area contributed by atoms with Crippen LogP contribution in [0.15, 0.2) is 6.33 Å². The van der Waals surface area contributed by atoms with Crippen LogP contribution >= 0.6 is 11.6 Å². The van der Waals surface area contributed by atoms with Crippen LogP contribution in [0.25, 0.3) is 0 Å². The van der Waals surface area contributed by atoms with Gasteiger partial charge in [0.2, 0.25) is 0 Å². The quantitative estimate of drug-likeness (QED) is 0.748. The predicted molar refractivity (Wildman–Crippen MR) is 62.4 cm³/mol. The maximum atomic E-state index is 13.9. The van der Waals surface area contributed by atoms with E-state index < -0.39 is 0 Å². The largest absolute Gasteiger partial charge is 0.350 e. The molecule has 1 aromatic rings. The number of alkyl halides is 1. The highest BCUT2D eigenvalue weighted by atomic mass is 35.5. The van der Waals surface area contributed by atoms with Crippen molar-refractivity contribution in [3.8, 4) is 0 Å². The van der Waals surface area contributed by atoms with Gasteiger partial charge in [0, 0.05) is 18.5 Å². The van der Waals surface area contributed by atoms with Gasteiger partial charge in [-0.2, -0.15) is 0 Å². The molecule has 0 radical (unpaired) electrons. The number of piperidine rings is 1. The summed E-state index contributed by atoms with van der Waals surface area (Å²) in [5, 5.41) is 0. The van der Waals surface area contributed by atoms with Crippen LogP contribution in [0.5, 0.6) is 0 Å². The van der Waals surface area contributed by atoms with E-state index in [0.29, 0.717) is 17.4 Å². The summed E-state index contributed by atoms with van der Waals surface area (Å²) in [4.78, 5) is 9.85. The summed E-state index contributed by atoms with van der Waals surface area (Å²) in [5.41, 5.74) is 0.392. The molecule has 0 amide bonds. The predicted octanol–water partition coefficient (Wildman–Crippen LogP) is 2.52. The molecule has 16 heavy (non-hydrogen) atoms. The van der Waals surface area contributed by atoms with Crippen molar-refractivity contribution in [1.29, 1.82) is 0 Å². The summed E-state index contributed by atoms with van der Waals surface area (Å²) >= 11 is 5.91. The Balaban J connectivity index is 2.30. The molecule has 0 aromatic carbocycles. The highest BCUT2D eigenvalue weighted by molar-refractivity contribution is 6.18. The lowest BCUT2D eigenvalue weighted by atomic mass is 10.0. The Morgan fingerprint density at radius 3 is 3.06 bits per heavy atom. The molecule has 0 N–H and O–H groups in total. The first-order chi connectivity index (χ1) is 7.74. The average Bonchev–Trinajstić information content (AvgIpc) is 2.33. The van der Waals surface area contributed by atoms with Gasteiger partial charge in [-0.25, -0.2) is 14.4 Å². The van der Waals surface area contributed by atoms with Gasteiger partial charge < -0.3 is 4.90 Å². The van der Waals surface area contributed by atoms with Gasteiger partial charge in [-0.05, 0) is 26.2 Å². The zero-order valence-corrected chi connectivity index (χ0v) is 10.0. The van der Waals surface area contributed by atoms with Crippen LogP contribution in [0, 0.1) is 12.7 Å². The smallest absolute Gasteiger partial charge is 0.186 e. The normalized spacial score (nSPS) is 21.2. The molecule has 1 aliphatic rings. The third kappa shape index (κ3) is 2.12. The molecule has 3 nitrogen and oxygen atoms in total. The highest BCUT2D eigenvalue weighted by Gasteiger charge is 2.25. The molecule has 1 fully saturated rings. The van der Waals surface area contributed by atoms with Crippen molar-refractivity contribution in [2.45, 2.75) is 32.2 Å². The van der Waals surface area contributed by atoms with Crippen molar-refractivity contribution in [1.82, 2.24) is 9.97 Å². The molecule has 0 bridgehead atoms. The Labute approximate surface area is 99.6 Å². The molecule has 2 rings (SSSR count). The van der Waals surface area contributed by atoms with Crippen molar-refractivity contribution in [3.63, 3.8) is 0 Å². The second-order valence-corrected chi connectivity index (χ2v) is 4.40. The van der Waals surface area contributed by atoms with Crippen molar-refractivity contribution in [2.24, 2.45) is 0 Å². The van der Waals surface area contributed by atoms with Gasteiger partial charge in [0.25, 0.3) is 0 Å². The number of rotatable bonds is 2. The number of anilines is 1. The summed E-state index contributed by atoms with van der Waals surface area (Å²) in [6.07, 6.45) is 4.63. The molecule has 88 valence electrons. The summed E-state index contributed by atoms with van der Waals surface area (Å²) in [5.74, 6) is 0.597. The van der Waals surface area contributed by atoms with E-state index in [-0.39, 0.29) is 11.9 Å². The monoisotopic (exact) mass is 243 g/mol. The second-order valence-electron chi connectivity index (χ2n) is 4.09. The topological polar surface area (TPSA) is 29.0 Å². The van der Waals surface area contributed by atoms with E-state index in [9.17, 15) is 4.39 Å². The van der Waals surface area contributed by atoms with Crippen LogP contribution in [0.4, 0.5) is 10.2 Å². The molecule has 2 heterocycles. The van der Waals surface area contributed by atoms with Crippen molar-refractivity contribution in [3.05, 3.63) is 17.8 Å². The molecule has 1 aromatic heterocycles. The van der Waals surface area contributed by atoms with Gasteiger partial charge in [-0.1, -0.05) is 0 Å². The van der Waals surface area contributed by atoms with E-state index in [0.717, 1.165) is 25.8 Å². The SMILES string of the molecule is Cc1ncnc(N2CCCCC2CCl)c1F. The summed E-state index contributed by atoms with van der Waals surface area (Å²) in [6.45, 7) is 2.48. The lowest BCUT2D eigenvalue weighted by Gasteiger charge is -2.35. The maximum Gasteiger partial charge on any atom is 0.186 e. The molecule has 0 spiro atoms. The van der Waals surface area contributed by atoms with Crippen LogP contribution in [-0.2, 0) is 0 Å². The average molecular weight is 244 g/mol. The lowest BCUT2D eigenvalue weighted by molar-refractivity contribution is 0.471. The summed E-state index contributed by atoms with van der Waals surface area (Å²) in [7, 11) is 0. The molecule has 1 aliphatic heterocycles. The third-order valence-corrected chi connectivity index (χ3v) is 3.38. The Morgan fingerprint density at radius 1 is 1.50 bits per heavy atom. The fourth-order valence-electron chi connectivity index (χ4n) is 2.09.